The van der Waals surface area contributed by atoms with Crippen LogP contribution in [-0.4, -0.2) is 28.7 Å². The average molecular weight is 296 g/mol. The molecule has 1 aromatic rings. The van der Waals surface area contributed by atoms with Crippen LogP contribution < -0.4 is 5.32 Å². The van der Waals surface area contributed by atoms with E-state index in [9.17, 15) is 9.59 Å². The smallest absolute Gasteiger partial charge is 0.303 e. The Morgan fingerprint density at radius 3 is 2.48 bits per heavy atom. The van der Waals surface area contributed by atoms with Crippen molar-refractivity contribution < 1.29 is 19.2 Å². The van der Waals surface area contributed by atoms with Gasteiger partial charge in [-0.25, -0.2) is 0 Å². The normalized spacial score (nSPS) is 10.6. The lowest BCUT2D eigenvalue weighted by Crippen LogP contribution is -2.24. The van der Waals surface area contributed by atoms with Gasteiger partial charge in [-0.1, -0.05) is 18.0 Å². The van der Waals surface area contributed by atoms with Crippen molar-refractivity contribution in [3.63, 3.8) is 0 Å². The predicted octanol–water partition coefficient (Wildman–Crippen LogP) is 2.38. The molecule has 0 saturated carbocycles. The summed E-state index contributed by atoms with van der Waals surface area (Å²) < 4.78 is 5.06. The second-order valence-corrected chi connectivity index (χ2v) is 5.21. The van der Waals surface area contributed by atoms with Crippen LogP contribution in [0, 0.1) is 13.8 Å². The molecule has 6 nitrogen and oxygen atoms in total. The highest BCUT2D eigenvalue weighted by Gasteiger charge is 2.10. The largest absolute Gasteiger partial charge is 0.481 e. The van der Waals surface area contributed by atoms with Gasteiger partial charge in [0.2, 0.25) is 5.91 Å². The Labute approximate surface area is 124 Å². The van der Waals surface area contributed by atoms with Gasteiger partial charge in [-0.2, -0.15) is 0 Å². The number of carboxylic acid groups (broad SMARTS) is 1. The Morgan fingerprint density at radius 2 is 1.86 bits per heavy atom. The fourth-order valence-electron chi connectivity index (χ4n) is 2.17. The van der Waals surface area contributed by atoms with E-state index in [0.29, 0.717) is 25.8 Å². The van der Waals surface area contributed by atoms with Gasteiger partial charge in [0.05, 0.1) is 5.69 Å². The van der Waals surface area contributed by atoms with Gasteiger partial charge in [0.1, 0.15) is 5.76 Å². The standard InChI is InChI=1S/C15H24N2O4/c1-11-13(12(2)21-17-11)8-9-14(18)16-10-6-4-3-5-7-15(19)20/h3-10H2,1-2H3,(H,16,18)(H,19,20). The summed E-state index contributed by atoms with van der Waals surface area (Å²) in [5.41, 5.74) is 1.86. The molecule has 0 aliphatic rings. The van der Waals surface area contributed by atoms with Crippen molar-refractivity contribution in [3.05, 3.63) is 17.0 Å². The maximum Gasteiger partial charge on any atom is 0.303 e. The second kappa shape index (κ2) is 9.15. The number of aryl methyl sites for hydroxylation is 2. The predicted molar refractivity (Wildman–Crippen MR) is 78.0 cm³/mol. The SMILES string of the molecule is Cc1noc(C)c1CCC(=O)NCCCCCCC(=O)O. The average Bonchev–Trinajstić information content (AvgIpc) is 2.74. The van der Waals surface area contributed by atoms with E-state index in [1.807, 2.05) is 13.8 Å². The first-order valence-corrected chi connectivity index (χ1v) is 7.41. The van der Waals surface area contributed by atoms with Gasteiger partial charge in [0.25, 0.3) is 0 Å². The summed E-state index contributed by atoms with van der Waals surface area (Å²) in [6, 6.07) is 0. The lowest BCUT2D eigenvalue weighted by molar-refractivity contribution is -0.137. The number of hydrogen-bond acceptors (Lipinski definition) is 4. The molecule has 0 aromatic carbocycles. The Kier molecular flexibility index (Phi) is 7.50. The molecule has 0 saturated heterocycles. The Hall–Kier alpha value is -1.85. The van der Waals surface area contributed by atoms with E-state index in [-0.39, 0.29) is 12.3 Å². The van der Waals surface area contributed by atoms with E-state index in [2.05, 4.69) is 10.5 Å². The molecule has 1 aromatic heterocycles. The van der Waals surface area contributed by atoms with Crippen LogP contribution in [0.3, 0.4) is 0 Å². The minimum atomic E-state index is -0.748. The van der Waals surface area contributed by atoms with Crippen LogP contribution in [0.4, 0.5) is 0 Å². The van der Waals surface area contributed by atoms with E-state index in [4.69, 9.17) is 9.63 Å². The number of aromatic nitrogens is 1. The zero-order chi connectivity index (χ0) is 15.7. The highest BCUT2D eigenvalue weighted by Crippen LogP contribution is 2.14. The summed E-state index contributed by atoms with van der Waals surface area (Å²) >= 11 is 0. The number of rotatable bonds is 10. The number of carboxylic acids is 1. The molecular weight excluding hydrogens is 272 g/mol. The Balaban J connectivity index is 2.05. The number of carbonyl (C=O) groups excluding carboxylic acids is 1. The van der Waals surface area contributed by atoms with Gasteiger partial charge in [-0.15, -0.1) is 0 Å². The van der Waals surface area contributed by atoms with E-state index < -0.39 is 5.97 Å². The van der Waals surface area contributed by atoms with Crippen molar-refractivity contribution in [2.24, 2.45) is 0 Å². The van der Waals surface area contributed by atoms with Crippen LogP contribution in [0.1, 0.15) is 55.5 Å². The third-order valence-corrected chi connectivity index (χ3v) is 3.42. The molecule has 1 rings (SSSR count). The Bertz CT molecular complexity index is 449. The van der Waals surface area contributed by atoms with Crippen LogP contribution in [0.5, 0.6) is 0 Å². The van der Waals surface area contributed by atoms with Crippen LogP contribution in [-0.2, 0) is 16.0 Å². The maximum atomic E-state index is 11.7. The van der Waals surface area contributed by atoms with E-state index >= 15 is 0 Å². The molecule has 1 amide bonds. The summed E-state index contributed by atoms with van der Waals surface area (Å²) in [7, 11) is 0. The lowest BCUT2D eigenvalue weighted by atomic mass is 10.1. The molecule has 21 heavy (non-hydrogen) atoms. The molecule has 0 fully saturated rings. The van der Waals surface area contributed by atoms with Crippen LogP contribution in [0.2, 0.25) is 0 Å². The number of hydrogen-bond donors (Lipinski definition) is 2. The van der Waals surface area contributed by atoms with Gasteiger partial charge < -0.3 is 14.9 Å². The minimum absolute atomic E-state index is 0.0283. The fraction of sp³-hybridized carbons (Fsp3) is 0.667. The van der Waals surface area contributed by atoms with Crippen molar-refractivity contribution in [1.82, 2.24) is 10.5 Å². The molecule has 0 unspecified atom stereocenters. The number of nitrogens with one attached hydrogen (secondary N) is 1. The van der Waals surface area contributed by atoms with Crippen molar-refractivity contribution >= 4 is 11.9 Å². The van der Waals surface area contributed by atoms with E-state index in [1.165, 1.54) is 0 Å². The topological polar surface area (TPSA) is 92.4 Å². The molecule has 0 aliphatic carbocycles. The van der Waals surface area contributed by atoms with Crippen LogP contribution >= 0.6 is 0 Å². The monoisotopic (exact) mass is 296 g/mol. The summed E-state index contributed by atoms with van der Waals surface area (Å²) in [6.07, 6.45) is 4.72. The first kappa shape index (κ1) is 17.2. The molecule has 0 radical (unpaired) electrons. The number of amides is 1. The summed E-state index contributed by atoms with van der Waals surface area (Å²) in [4.78, 5) is 22.0. The first-order chi connectivity index (χ1) is 10.0. The minimum Gasteiger partial charge on any atom is -0.481 e. The van der Waals surface area contributed by atoms with Crippen molar-refractivity contribution in [1.29, 1.82) is 0 Å². The summed E-state index contributed by atoms with van der Waals surface area (Å²) in [5, 5.41) is 15.2. The molecule has 1 heterocycles. The Morgan fingerprint density at radius 1 is 1.14 bits per heavy atom. The quantitative estimate of drug-likeness (QED) is 0.647. The van der Waals surface area contributed by atoms with E-state index in [0.717, 1.165) is 36.3 Å². The number of carbonyl (C=O) groups is 2. The maximum absolute atomic E-state index is 11.7. The molecular formula is C15H24N2O4. The van der Waals surface area contributed by atoms with Gasteiger partial charge in [-0.05, 0) is 33.1 Å². The van der Waals surface area contributed by atoms with Gasteiger partial charge in [-0.3, -0.25) is 9.59 Å². The summed E-state index contributed by atoms with van der Waals surface area (Å²) in [5.74, 6) is 0.0573. The number of nitrogens with zero attached hydrogens (tertiary/aromatic N) is 1. The molecule has 0 spiro atoms. The van der Waals surface area contributed by atoms with Crippen LogP contribution in [0.15, 0.2) is 4.52 Å². The fourth-order valence-corrected chi connectivity index (χ4v) is 2.17. The number of unbranched alkanes of at least 4 members (excludes halogenated alkanes) is 3. The van der Waals surface area contributed by atoms with Gasteiger partial charge in [0, 0.05) is 24.9 Å². The van der Waals surface area contributed by atoms with Crippen molar-refractivity contribution in [2.75, 3.05) is 6.54 Å². The molecule has 0 aliphatic heterocycles. The highest BCUT2D eigenvalue weighted by atomic mass is 16.5. The molecule has 6 heteroatoms. The summed E-state index contributed by atoms with van der Waals surface area (Å²) in [6.45, 7) is 4.37. The van der Waals surface area contributed by atoms with Gasteiger partial charge in [0.15, 0.2) is 0 Å². The van der Waals surface area contributed by atoms with E-state index in [1.54, 1.807) is 0 Å². The van der Waals surface area contributed by atoms with Crippen molar-refractivity contribution in [3.8, 4) is 0 Å². The zero-order valence-electron chi connectivity index (χ0n) is 12.8. The third-order valence-electron chi connectivity index (χ3n) is 3.42. The molecule has 0 atom stereocenters. The highest BCUT2D eigenvalue weighted by molar-refractivity contribution is 5.76. The third kappa shape index (κ3) is 6.92. The zero-order valence-corrected chi connectivity index (χ0v) is 12.8. The second-order valence-electron chi connectivity index (χ2n) is 5.21. The molecule has 0 bridgehead atoms. The van der Waals surface area contributed by atoms with Gasteiger partial charge >= 0.3 is 5.97 Å². The van der Waals surface area contributed by atoms with Crippen molar-refractivity contribution in [2.45, 2.75) is 58.8 Å². The molecule has 118 valence electrons. The van der Waals surface area contributed by atoms with Crippen LogP contribution in [0.25, 0.3) is 0 Å². The molecule has 2 N–H and O–H groups in total. The first-order valence-electron chi connectivity index (χ1n) is 7.41. The lowest BCUT2D eigenvalue weighted by Gasteiger charge is -2.05. The number of aliphatic carboxylic acids is 1.